The molecule has 0 nitrogen and oxygen atoms in total. The molecular weight excluding hydrogens is 847 g/mol. The molecule has 6 aromatic carbocycles. The van der Waals surface area contributed by atoms with E-state index in [9.17, 15) is 0 Å². The Balaban J connectivity index is 0.000000218. The minimum Gasteiger partial charge on any atom is -0.214 e. The first kappa shape index (κ1) is 44.0. The van der Waals surface area contributed by atoms with Crippen LogP contribution >= 0.6 is 0 Å². The van der Waals surface area contributed by atoms with Gasteiger partial charge in [-0.3, -0.25) is 0 Å². The van der Waals surface area contributed by atoms with Crippen LogP contribution in [-0.2, 0) is 34.7 Å². The van der Waals surface area contributed by atoms with E-state index in [0.717, 1.165) is 23.9 Å². The van der Waals surface area contributed by atoms with E-state index < -0.39 is 16.1 Å². The van der Waals surface area contributed by atoms with Crippen molar-refractivity contribution in [2.75, 3.05) is 0 Å². The Morgan fingerprint density at radius 2 is 0.833 bits per heavy atom. The van der Waals surface area contributed by atoms with Gasteiger partial charge in [-0.25, -0.2) is 12.1 Å². The Hall–Kier alpha value is -2.73. The zero-order valence-corrected chi connectivity index (χ0v) is 41.4. The van der Waals surface area contributed by atoms with Gasteiger partial charge in [0.2, 0.25) is 0 Å². The van der Waals surface area contributed by atoms with Crippen molar-refractivity contribution < 1.29 is 23.9 Å². The topological polar surface area (TPSA) is 0 Å². The Morgan fingerprint density at radius 1 is 0.500 bits per heavy atom. The fourth-order valence-corrected chi connectivity index (χ4v) is 16.5. The fraction of sp³-hybridized carbons (Fsp3) is 0.392. The molecule has 284 valence electrons. The summed E-state index contributed by atoms with van der Waals surface area (Å²) in [4.78, 5) is 0. The summed E-state index contributed by atoms with van der Waals surface area (Å²) in [6, 6.07) is 53.7. The molecule has 0 saturated carbocycles. The molecule has 6 rings (SSSR count). The Kier molecular flexibility index (Phi) is 15.4. The molecule has 0 unspecified atom stereocenters. The summed E-state index contributed by atoms with van der Waals surface area (Å²) < 4.78 is 1.53. The predicted molar refractivity (Wildman–Crippen MR) is 246 cm³/mol. The van der Waals surface area contributed by atoms with E-state index in [0.29, 0.717) is 0 Å². The average molecular weight is 916 g/mol. The first-order chi connectivity index (χ1) is 25.6. The van der Waals surface area contributed by atoms with Gasteiger partial charge in [-0.15, -0.1) is 39.7 Å². The van der Waals surface area contributed by atoms with Crippen LogP contribution in [0.2, 0.25) is 36.3 Å². The molecule has 6 aromatic rings. The second-order valence-corrected chi connectivity index (χ2v) is 29.7. The van der Waals surface area contributed by atoms with Crippen molar-refractivity contribution in [1.29, 1.82) is 0 Å². The van der Waals surface area contributed by atoms with Crippen LogP contribution in [0, 0.1) is 0 Å². The van der Waals surface area contributed by atoms with E-state index in [-0.39, 0.29) is 10.8 Å². The largest absolute Gasteiger partial charge is 0.214 e. The summed E-state index contributed by atoms with van der Waals surface area (Å²) in [6.45, 7) is 28.0. The summed E-state index contributed by atoms with van der Waals surface area (Å²) in [6.07, 6.45) is 0. The third-order valence-corrected chi connectivity index (χ3v) is 25.9. The van der Waals surface area contributed by atoms with Crippen molar-refractivity contribution in [1.82, 2.24) is 0 Å². The van der Waals surface area contributed by atoms with Crippen LogP contribution in [0.3, 0.4) is 0 Å². The molecule has 0 N–H and O–H groups in total. The molecule has 54 heavy (non-hydrogen) atoms. The van der Waals surface area contributed by atoms with E-state index in [1.165, 1.54) is 83.3 Å². The van der Waals surface area contributed by atoms with E-state index in [2.05, 4.69) is 174 Å². The number of rotatable bonds is 10. The smallest absolute Gasteiger partial charge is 0.172 e. The second-order valence-electron chi connectivity index (χ2n) is 17.4. The minimum atomic E-state index is -1.27. The summed E-state index contributed by atoms with van der Waals surface area (Å²) in [7, 11) is -2.53. The van der Waals surface area contributed by atoms with E-state index in [4.69, 9.17) is 0 Å². The maximum Gasteiger partial charge on any atom is -0.172 e. The monoisotopic (exact) mass is 916 g/mol. The van der Waals surface area contributed by atoms with Gasteiger partial charge in [0.25, 0.3) is 0 Å². The third kappa shape index (κ3) is 10.2. The first-order valence-electron chi connectivity index (χ1n) is 20.7. The molecule has 0 bridgehead atoms. The van der Waals surface area contributed by atoms with Crippen LogP contribution in [0.4, 0.5) is 0 Å². The maximum absolute atomic E-state index is 2.45. The molecule has 0 aliphatic carbocycles. The summed E-state index contributed by atoms with van der Waals surface area (Å²) >= 11 is 1.08. The Morgan fingerprint density at radius 3 is 1.09 bits per heavy atom. The van der Waals surface area contributed by atoms with Crippen molar-refractivity contribution in [3.8, 4) is 0 Å². The van der Waals surface area contributed by atoms with Gasteiger partial charge in [0.1, 0.15) is 0 Å². The van der Waals surface area contributed by atoms with Crippen molar-refractivity contribution in [3.63, 3.8) is 0 Å². The van der Waals surface area contributed by atoms with Crippen molar-refractivity contribution >= 4 is 51.3 Å². The Bertz CT molecular complexity index is 1870. The van der Waals surface area contributed by atoms with Gasteiger partial charge in [-0.2, -0.15) is 18.2 Å². The molecule has 0 spiro atoms. The molecule has 0 fully saturated rings. The van der Waals surface area contributed by atoms with Crippen LogP contribution in [-0.4, -0.2) is 19.4 Å². The molecule has 3 heteroatoms. The van der Waals surface area contributed by atoms with Crippen molar-refractivity contribution in [2.24, 2.45) is 0 Å². The van der Waals surface area contributed by atoms with Crippen LogP contribution < -0.4 is 10.4 Å². The predicted octanol–water partition coefficient (Wildman–Crippen LogP) is 13.9. The molecule has 0 heterocycles. The van der Waals surface area contributed by atoms with Gasteiger partial charge in [0, 0.05) is 0 Å². The minimum absolute atomic E-state index is 0.203. The quantitative estimate of drug-likeness (QED) is 0.0949. The molecule has 0 radical (unpaired) electrons. The maximum atomic E-state index is 2.45. The van der Waals surface area contributed by atoms with E-state index in [1.807, 2.05) is 30.3 Å². The molecule has 0 aliphatic heterocycles. The van der Waals surface area contributed by atoms with Crippen molar-refractivity contribution in [2.45, 2.75) is 130 Å². The molecule has 0 saturated heterocycles. The fourth-order valence-electron chi connectivity index (χ4n) is 8.15. The number of hydrogen-bond acceptors (Lipinski definition) is 0. The number of fused-ring (bicyclic) bond motifs is 3. The van der Waals surface area contributed by atoms with Crippen molar-refractivity contribution in [3.05, 3.63) is 144 Å². The second kappa shape index (κ2) is 18.9. The van der Waals surface area contributed by atoms with Crippen LogP contribution in [0.25, 0.3) is 21.5 Å². The van der Waals surface area contributed by atoms with Crippen LogP contribution in [0.1, 0.15) is 105 Å². The molecular formula is C51H68HfSi2. The van der Waals surface area contributed by atoms with Gasteiger partial charge in [-0.05, 0) is 10.8 Å². The van der Waals surface area contributed by atoms with Gasteiger partial charge in [0.15, 0.2) is 0 Å². The number of benzene rings is 4. The Labute approximate surface area is 346 Å². The zero-order valence-electron chi connectivity index (χ0n) is 35.8. The molecule has 0 aliphatic rings. The summed E-state index contributed by atoms with van der Waals surface area (Å²) in [5, 5.41) is 8.78. The van der Waals surface area contributed by atoms with Crippen LogP contribution in [0.15, 0.2) is 121 Å². The third-order valence-electron chi connectivity index (χ3n) is 12.6. The van der Waals surface area contributed by atoms with Gasteiger partial charge >= 0.3 is 191 Å². The first-order valence-corrected chi connectivity index (χ1v) is 27.8. The molecule has 0 atom stereocenters. The average Bonchev–Trinajstić information content (AvgIpc) is 3.88. The zero-order chi connectivity index (χ0) is 39.7. The van der Waals surface area contributed by atoms with E-state index >= 15 is 0 Å². The van der Waals surface area contributed by atoms with E-state index in [1.54, 1.807) is 10.4 Å². The molecule has 0 aromatic heterocycles. The van der Waals surface area contributed by atoms with Gasteiger partial charge in [-0.1, -0.05) is 76.9 Å². The van der Waals surface area contributed by atoms with Gasteiger partial charge in [0.05, 0.1) is 0 Å². The number of hydrogen-bond donors (Lipinski definition) is 0. The molecule has 0 amide bonds. The SMILES string of the molecule is CC(C)(C)c1ccc2c(c1)[cH-]c1cc(C(C)(C)C)ccc12.CC[Si](CC)(CC)c1ccc([C](=[Hf+2])c2ccc([Si](CC)(CC)CC)cc2)cc1.c1cc[cH-]c1. The van der Waals surface area contributed by atoms with Gasteiger partial charge < -0.3 is 0 Å². The summed E-state index contributed by atoms with van der Waals surface area (Å²) in [5.74, 6) is 0. The van der Waals surface area contributed by atoms with Crippen LogP contribution in [0.5, 0.6) is 0 Å². The summed E-state index contributed by atoms with van der Waals surface area (Å²) in [5.41, 5.74) is 6.07. The standard InChI is InChI=1S/C25H38Si2.C21H25.C5H5.Hf/c1-7-26(8-2,9-3)24-17-13-22(14-18-24)21-23-15-19-25(20-16-23)27(10-4,11-5)12-6;1-20(2,3)16-7-9-18-14(12-16)11-15-13-17(21(4,5)6)8-10-19(15)18;1-2-4-5-3-1;/h13-20H,7-12H2,1-6H3;7-13H,1-6H3;1-5H;/q;2*-1;+2. The normalized spacial score (nSPS) is 12.3.